The SMILES string of the molecule is COC(=O)c1cn2cc(-c3ccccc3)nc2[se]1. The molecule has 2 aromatic heterocycles. The van der Waals surface area contributed by atoms with Gasteiger partial charge in [-0.3, -0.25) is 0 Å². The summed E-state index contributed by atoms with van der Waals surface area (Å²) in [4.78, 5) is 16.0. The minimum atomic E-state index is -0.262. The number of carbonyl (C=O) groups is 1. The van der Waals surface area contributed by atoms with E-state index in [1.165, 1.54) is 7.11 Å². The minimum absolute atomic E-state index is 0.0693. The van der Waals surface area contributed by atoms with Crippen LogP contribution in [0.25, 0.3) is 15.8 Å². The Bertz CT molecular complexity index is 669. The molecule has 0 aliphatic rings. The van der Waals surface area contributed by atoms with E-state index in [2.05, 4.69) is 4.98 Å². The number of benzene rings is 1. The number of nitrogens with zero attached hydrogens (tertiary/aromatic N) is 2. The molecule has 0 N–H and O–H groups in total. The molecule has 1 aromatic carbocycles. The van der Waals surface area contributed by atoms with Crippen LogP contribution in [0, 0.1) is 0 Å². The Hall–Kier alpha value is -1.84. The van der Waals surface area contributed by atoms with Crippen molar-refractivity contribution in [3.8, 4) is 11.3 Å². The monoisotopic (exact) mass is 306 g/mol. The molecule has 0 amide bonds. The maximum atomic E-state index is 11.4. The number of carbonyl (C=O) groups excluding carboxylic acids is 1. The molecule has 3 aromatic rings. The van der Waals surface area contributed by atoms with E-state index >= 15 is 0 Å². The van der Waals surface area contributed by atoms with Gasteiger partial charge < -0.3 is 0 Å². The number of rotatable bonds is 2. The van der Waals surface area contributed by atoms with Gasteiger partial charge in [-0.25, -0.2) is 0 Å². The van der Waals surface area contributed by atoms with E-state index in [9.17, 15) is 4.79 Å². The first kappa shape index (κ1) is 11.3. The van der Waals surface area contributed by atoms with E-state index in [1.54, 1.807) is 6.20 Å². The zero-order chi connectivity index (χ0) is 12.5. The van der Waals surface area contributed by atoms with E-state index in [0.717, 1.165) is 15.8 Å². The molecule has 0 bridgehead atoms. The van der Waals surface area contributed by atoms with Crippen LogP contribution in [0.5, 0.6) is 0 Å². The zero-order valence-corrected chi connectivity index (χ0v) is 11.4. The Kier molecular flexibility index (Phi) is 2.78. The Morgan fingerprint density at radius 3 is 2.72 bits per heavy atom. The average molecular weight is 305 g/mol. The Morgan fingerprint density at radius 1 is 1.28 bits per heavy atom. The van der Waals surface area contributed by atoms with Crippen LogP contribution < -0.4 is 0 Å². The van der Waals surface area contributed by atoms with Crippen molar-refractivity contribution in [2.24, 2.45) is 0 Å². The third kappa shape index (κ3) is 1.88. The van der Waals surface area contributed by atoms with Gasteiger partial charge in [0.15, 0.2) is 0 Å². The molecule has 0 unspecified atom stereocenters. The molecule has 0 spiro atoms. The topological polar surface area (TPSA) is 43.6 Å². The molecule has 0 radical (unpaired) electrons. The van der Waals surface area contributed by atoms with E-state index in [-0.39, 0.29) is 20.5 Å². The van der Waals surface area contributed by atoms with Crippen molar-refractivity contribution in [1.29, 1.82) is 0 Å². The summed E-state index contributed by atoms with van der Waals surface area (Å²) in [5, 5.41) is 0. The van der Waals surface area contributed by atoms with Gasteiger partial charge in [-0.15, -0.1) is 0 Å². The van der Waals surface area contributed by atoms with Crippen LogP contribution in [0.15, 0.2) is 42.7 Å². The third-order valence-electron chi connectivity index (χ3n) is 2.61. The number of ether oxygens (including phenoxy) is 1. The van der Waals surface area contributed by atoms with Crippen LogP contribution in [0.1, 0.15) is 9.23 Å². The number of hydrogen-bond acceptors (Lipinski definition) is 3. The number of hydrogen-bond donors (Lipinski definition) is 0. The van der Waals surface area contributed by atoms with E-state index in [1.807, 2.05) is 40.9 Å². The number of aromatic nitrogens is 2. The second-order valence-electron chi connectivity index (χ2n) is 3.77. The number of esters is 1. The average Bonchev–Trinajstić information content (AvgIpc) is 2.97. The summed E-state index contributed by atoms with van der Waals surface area (Å²) in [6.45, 7) is 0. The van der Waals surface area contributed by atoms with Gasteiger partial charge in [0.2, 0.25) is 0 Å². The van der Waals surface area contributed by atoms with Gasteiger partial charge in [0.25, 0.3) is 0 Å². The van der Waals surface area contributed by atoms with Gasteiger partial charge >= 0.3 is 109 Å². The third-order valence-corrected chi connectivity index (χ3v) is 4.66. The molecule has 5 heteroatoms. The summed E-state index contributed by atoms with van der Waals surface area (Å²) < 4.78 is 8.26. The second-order valence-corrected chi connectivity index (χ2v) is 5.89. The summed E-state index contributed by atoms with van der Waals surface area (Å²) in [5.41, 5.74) is 2.02. The first-order valence-electron chi connectivity index (χ1n) is 5.40. The number of imidazole rings is 1. The molecular weight excluding hydrogens is 295 g/mol. The molecule has 4 nitrogen and oxygen atoms in total. The normalized spacial score (nSPS) is 10.7. The molecule has 18 heavy (non-hydrogen) atoms. The zero-order valence-electron chi connectivity index (χ0n) is 9.66. The van der Waals surface area contributed by atoms with Gasteiger partial charge in [0, 0.05) is 0 Å². The number of methoxy groups -OCH3 is 1. The standard InChI is InChI=1S/C13H10N2O2Se/c1-17-12(16)11-8-15-7-10(14-13(15)18-11)9-5-3-2-4-6-9/h2-8H,1H3. The second kappa shape index (κ2) is 4.44. The van der Waals surface area contributed by atoms with E-state index in [0.29, 0.717) is 4.44 Å². The van der Waals surface area contributed by atoms with Crippen molar-refractivity contribution in [3.63, 3.8) is 0 Å². The van der Waals surface area contributed by atoms with Gasteiger partial charge in [0.05, 0.1) is 0 Å². The van der Waals surface area contributed by atoms with E-state index in [4.69, 9.17) is 4.74 Å². The molecule has 90 valence electrons. The summed E-state index contributed by atoms with van der Waals surface area (Å²) in [6.07, 6.45) is 3.75. The van der Waals surface area contributed by atoms with Crippen molar-refractivity contribution in [2.75, 3.05) is 7.11 Å². The van der Waals surface area contributed by atoms with Gasteiger partial charge in [-0.1, -0.05) is 0 Å². The summed E-state index contributed by atoms with van der Waals surface area (Å²) >= 11 is -0.0693. The predicted molar refractivity (Wildman–Crippen MR) is 68.9 cm³/mol. The molecule has 3 rings (SSSR count). The molecule has 2 heterocycles. The van der Waals surface area contributed by atoms with Crippen LogP contribution in [0.2, 0.25) is 0 Å². The molecular formula is C13H10N2O2Se. The first-order chi connectivity index (χ1) is 8.78. The predicted octanol–water partition coefficient (Wildman–Crippen LogP) is 1.84. The van der Waals surface area contributed by atoms with Crippen molar-refractivity contribution < 1.29 is 9.53 Å². The van der Waals surface area contributed by atoms with Gasteiger partial charge in [-0.05, 0) is 0 Å². The summed E-state index contributed by atoms with van der Waals surface area (Å²) in [5.74, 6) is -0.262. The maximum absolute atomic E-state index is 11.4. The quantitative estimate of drug-likeness (QED) is 0.536. The van der Waals surface area contributed by atoms with E-state index < -0.39 is 0 Å². The fourth-order valence-corrected chi connectivity index (χ4v) is 3.59. The van der Waals surface area contributed by atoms with Crippen LogP contribution in [-0.2, 0) is 4.74 Å². The molecule has 0 saturated heterocycles. The van der Waals surface area contributed by atoms with Crippen LogP contribution in [-0.4, -0.2) is 37.0 Å². The van der Waals surface area contributed by atoms with Gasteiger partial charge in [-0.2, -0.15) is 0 Å². The van der Waals surface area contributed by atoms with Crippen molar-refractivity contribution >= 4 is 25.0 Å². The number of fused-ring (bicyclic) bond motifs is 1. The fraction of sp³-hybridized carbons (Fsp3) is 0.0769. The van der Waals surface area contributed by atoms with Crippen LogP contribution in [0.4, 0.5) is 0 Å². The molecule has 0 fully saturated rings. The van der Waals surface area contributed by atoms with Crippen molar-refractivity contribution in [2.45, 2.75) is 0 Å². The summed E-state index contributed by atoms with van der Waals surface area (Å²) in [6, 6.07) is 10.00. The fourth-order valence-electron chi connectivity index (χ4n) is 1.74. The Morgan fingerprint density at radius 2 is 2.06 bits per heavy atom. The first-order valence-corrected chi connectivity index (χ1v) is 7.11. The summed E-state index contributed by atoms with van der Waals surface area (Å²) in [7, 11) is 1.40. The Labute approximate surface area is 110 Å². The van der Waals surface area contributed by atoms with Crippen LogP contribution >= 0.6 is 0 Å². The van der Waals surface area contributed by atoms with Gasteiger partial charge in [0.1, 0.15) is 0 Å². The Balaban J connectivity index is 2.04. The molecule has 0 saturated carbocycles. The van der Waals surface area contributed by atoms with Crippen molar-refractivity contribution in [1.82, 2.24) is 9.38 Å². The van der Waals surface area contributed by atoms with Crippen LogP contribution in [0.3, 0.4) is 0 Å². The molecule has 0 atom stereocenters. The molecule has 0 aliphatic heterocycles. The molecule has 0 aliphatic carbocycles. The van der Waals surface area contributed by atoms with Crippen molar-refractivity contribution in [3.05, 3.63) is 47.2 Å².